The van der Waals surface area contributed by atoms with E-state index in [1.807, 2.05) is 0 Å². The summed E-state index contributed by atoms with van der Waals surface area (Å²) in [5.41, 5.74) is -0.0959. The van der Waals surface area contributed by atoms with Crippen LogP contribution in [0, 0.1) is 5.95 Å². The van der Waals surface area contributed by atoms with E-state index in [2.05, 4.69) is 4.98 Å². The number of amides is 1. The van der Waals surface area contributed by atoms with Crippen LogP contribution in [-0.4, -0.2) is 73.1 Å². The molecule has 0 spiro atoms. The topological polar surface area (TPSA) is 73.8 Å². The molecule has 0 aliphatic carbocycles. The van der Waals surface area contributed by atoms with Gasteiger partial charge in [0.2, 0.25) is 5.95 Å². The number of aromatic nitrogens is 1. The van der Waals surface area contributed by atoms with Gasteiger partial charge in [0.1, 0.15) is 0 Å². The first-order valence-electron chi connectivity index (χ1n) is 6.41. The maximum atomic E-state index is 13.5. The summed E-state index contributed by atoms with van der Waals surface area (Å²) in [4.78, 5) is 17.1. The average molecular weight is 316 g/mol. The Morgan fingerprint density at radius 3 is 2.43 bits per heavy atom. The first-order chi connectivity index (χ1) is 9.84. The van der Waals surface area contributed by atoms with Gasteiger partial charge in [-0.05, 0) is 12.1 Å². The van der Waals surface area contributed by atoms with Crippen molar-refractivity contribution in [1.82, 2.24) is 18.5 Å². The van der Waals surface area contributed by atoms with E-state index in [0.29, 0.717) is 0 Å². The highest BCUT2D eigenvalue weighted by atomic mass is 32.2. The van der Waals surface area contributed by atoms with Gasteiger partial charge in [-0.25, -0.2) is 4.98 Å². The molecule has 1 saturated heterocycles. The van der Waals surface area contributed by atoms with Gasteiger partial charge in [-0.2, -0.15) is 21.4 Å². The van der Waals surface area contributed by atoms with Crippen molar-refractivity contribution in [3.8, 4) is 0 Å². The Morgan fingerprint density at radius 2 is 1.90 bits per heavy atom. The number of pyridine rings is 1. The second-order valence-electron chi connectivity index (χ2n) is 4.82. The van der Waals surface area contributed by atoms with Crippen molar-refractivity contribution < 1.29 is 17.6 Å². The van der Waals surface area contributed by atoms with E-state index in [1.165, 1.54) is 41.6 Å². The molecule has 0 atom stereocenters. The molecule has 21 heavy (non-hydrogen) atoms. The van der Waals surface area contributed by atoms with Crippen molar-refractivity contribution in [2.24, 2.45) is 0 Å². The van der Waals surface area contributed by atoms with Gasteiger partial charge in [0, 0.05) is 46.5 Å². The lowest BCUT2D eigenvalue weighted by molar-refractivity contribution is 0.0689. The maximum Gasteiger partial charge on any atom is 0.281 e. The number of piperazine rings is 1. The first kappa shape index (κ1) is 15.8. The lowest BCUT2D eigenvalue weighted by Crippen LogP contribution is -2.53. The van der Waals surface area contributed by atoms with E-state index in [4.69, 9.17) is 0 Å². The molecule has 0 unspecified atom stereocenters. The molecule has 0 aromatic carbocycles. The minimum absolute atomic E-state index is 0.0959. The summed E-state index contributed by atoms with van der Waals surface area (Å²) in [7, 11) is -0.567. The second kappa shape index (κ2) is 6.04. The maximum absolute atomic E-state index is 13.5. The Hall–Kier alpha value is -1.58. The lowest BCUT2D eigenvalue weighted by Gasteiger charge is -2.35. The zero-order valence-electron chi connectivity index (χ0n) is 11.9. The van der Waals surface area contributed by atoms with Crippen molar-refractivity contribution in [2.45, 2.75) is 0 Å². The molecule has 0 bridgehead atoms. The molecule has 1 aliphatic heterocycles. The fraction of sp³-hybridized carbons (Fsp3) is 0.500. The molecule has 2 rings (SSSR count). The van der Waals surface area contributed by atoms with Gasteiger partial charge >= 0.3 is 0 Å². The summed E-state index contributed by atoms with van der Waals surface area (Å²) < 4.78 is 39.9. The fourth-order valence-electron chi connectivity index (χ4n) is 2.07. The van der Waals surface area contributed by atoms with Crippen LogP contribution in [-0.2, 0) is 10.2 Å². The Kier molecular flexibility index (Phi) is 4.55. The molecule has 116 valence electrons. The van der Waals surface area contributed by atoms with E-state index in [-0.39, 0.29) is 31.7 Å². The molecule has 0 radical (unpaired) electrons. The van der Waals surface area contributed by atoms with Crippen LogP contribution in [0.25, 0.3) is 0 Å². The molecule has 9 heteroatoms. The molecule has 0 saturated carbocycles. The molecular weight excluding hydrogens is 299 g/mol. The van der Waals surface area contributed by atoms with E-state index in [9.17, 15) is 17.6 Å². The van der Waals surface area contributed by atoms with Crippen LogP contribution in [0.5, 0.6) is 0 Å². The zero-order valence-corrected chi connectivity index (χ0v) is 12.7. The molecule has 2 heterocycles. The monoisotopic (exact) mass is 316 g/mol. The summed E-state index contributed by atoms with van der Waals surface area (Å²) in [6.45, 7) is 0.822. The molecule has 1 fully saturated rings. The Morgan fingerprint density at radius 1 is 1.29 bits per heavy atom. The normalized spacial score (nSPS) is 17.2. The minimum Gasteiger partial charge on any atom is -0.336 e. The summed E-state index contributed by atoms with van der Waals surface area (Å²) in [6, 6.07) is 2.86. The Balaban J connectivity index is 2.05. The van der Waals surface area contributed by atoms with Crippen LogP contribution < -0.4 is 0 Å². The van der Waals surface area contributed by atoms with Crippen LogP contribution >= 0.6 is 0 Å². The van der Waals surface area contributed by atoms with Crippen LogP contribution in [0.3, 0.4) is 0 Å². The molecular formula is C12H17FN4O3S. The Labute approximate surface area is 123 Å². The lowest BCUT2D eigenvalue weighted by atomic mass is 10.2. The van der Waals surface area contributed by atoms with Crippen molar-refractivity contribution >= 4 is 16.1 Å². The van der Waals surface area contributed by atoms with Gasteiger partial charge < -0.3 is 4.90 Å². The third kappa shape index (κ3) is 3.20. The number of carbonyl (C=O) groups excluding carboxylic acids is 1. The van der Waals surface area contributed by atoms with E-state index < -0.39 is 22.1 Å². The number of carbonyl (C=O) groups is 1. The number of halogens is 1. The smallest absolute Gasteiger partial charge is 0.281 e. The van der Waals surface area contributed by atoms with Crippen LogP contribution in [0.4, 0.5) is 4.39 Å². The highest BCUT2D eigenvalue weighted by Gasteiger charge is 2.31. The van der Waals surface area contributed by atoms with Gasteiger partial charge in [0.25, 0.3) is 16.1 Å². The zero-order chi connectivity index (χ0) is 15.6. The van der Waals surface area contributed by atoms with Crippen LogP contribution in [0.2, 0.25) is 0 Å². The van der Waals surface area contributed by atoms with E-state index in [0.717, 1.165) is 4.31 Å². The summed E-state index contributed by atoms with van der Waals surface area (Å²) in [5, 5.41) is 0. The molecule has 1 aromatic rings. The highest BCUT2D eigenvalue weighted by Crippen LogP contribution is 2.13. The van der Waals surface area contributed by atoms with Crippen LogP contribution in [0.15, 0.2) is 18.3 Å². The standard InChI is InChI=1S/C12H17FN4O3S/c1-15(2)21(19,20)17-8-6-16(7-9-17)12(18)10-4-3-5-14-11(10)13/h3-5H,6-9H2,1-2H3. The van der Waals surface area contributed by atoms with Crippen molar-refractivity contribution in [2.75, 3.05) is 40.3 Å². The summed E-state index contributed by atoms with van der Waals surface area (Å²) in [5.74, 6) is -1.28. The van der Waals surface area contributed by atoms with Gasteiger partial charge in [-0.15, -0.1) is 0 Å². The van der Waals surface area contributed by atoms with Crippen LogP contribution in [0.1, 0.15) is 10.4 Å². The Bertz CT molecular complexity index is 627. The largest absolute Gasteiger partial charge is 0.336 e. The number of rotatable bonds is 3. The number of hydrogen-bond donors (Lipinski definition) is 0. The number of hydrogen-bond acceptors (Lipinski definition) is 4. The molecule has 7 nitrogen and oxygen atoms in total. The first-order valence-corrected chi connectivity index (χ1v) is 7.81. The molecule has 0 N–H and O–H groups in total. The van der Waals surface area contributed by atoms with E-state index >= 15 is 0 Å². The third-order valence-corrected chi connectivity index (χ3v) is 5.24. The molecule has 1 amide bonds. The summed E-state index contributed by atoms with van der Waals surface area (Å²) >= 11 is 0. The number of nitrogens with zero attached hydrogens (tertiary/aromatic N) is 4. The van der Waals surface area contributed by atoms with Crippen molar-refractivity contribution in [1.29, 1.82) is 0 Å². The predicted molar refractivity (Wildman–Crippen MR) is 74.3 cm³/mol. The predicted octanol–water partition coefficient (Wildman–Crippen LogP) is -0.215. The van der Waals surface area contributed by atoms with Gasteiger partial charge in [0.15, 0.2) is 0 Å². The van der Waals surface area contributed by atoms with Gasteiger partial charge in [0.05, 0.1) is 5.56 Å². The third-order valence-electron chi connectivity index (χ3n) is 3.30. The fourth-order valence-corrected chi connectivity index (χ4v) is 3.16. The molecule has 1 aliphatic rings. The highest BCUT2D eigenvalue weighted by molar-refractivity contribution is 7.86. The average Bonchev–Trinajstić information content (AvgIpc) is 2.47. The molecule has 1 aromatic heterocycles. The van der Waals surface area contributed by atoms with Gasteiger partial charge in [-0.3, -0.25) is 4.79 Å². The quantitative estimate of drug-likeness (QED) is 0.723. The summed E-state index contributed by atoms with van der Waals surface area (Å²) in [6.07, 6.45) is 1.27. The van der Waals surface area contributed by atoms with Crippen molar-refractivity contribution in [3.05, 3.63) is 29.8 Å². The van der Waals surface area contributed by atoms with E-state index in [1.54, 1.807) is 0 Å². The second-order valence-corrected chi connectivity index (χ2v) is 6.97. The minimum atomic E-state index is -3.48. The van der Waals surface area contributed by atoms with Gasteiger partial charge in [-0.1, -0.05) is 0 Å². The SMILES string of the molecule is CN(C)S(=O)(=O)N1CCN(C(=O)c2cccnc2F)CC1. The van der Waals surface area contributed by atoms with Crippen molar-refractivity contribution in [3.63, 3.8) is 0 Å².